The van der Waals surface area contributed by atoms with E-state index in [0.717, 1.165) is 25.2 Å². The van der Waals surface area contributed by atoms with E-state index in [1.807, 2.05) is 11.9 Å². The van der Waals surface area contributed by atoms with Gasteiger partial charge >= 0.3 is 0 Å². The van der Waals surface area contributed by atoms with Crippen LogP contribution in [-0.2, 0) is 11.2 Å². The van der Waals surface area contributed by atoms with Gasteiger partial charge in [-0.3, -0.25) is 14.8 Å². The molecule has 1 amide bonds. The molecule has 0 N–H and O–H groups in total. The monoisotopic (exact) mass is 338 g/mol. The third kappa shape index (κ3) is 4.16. The van der Waals surface area contributed by atoms with Gasteiger partial charge in [0.1, 0.15) is 0 Å². The van der Waals surface area contributed by atoms with Crippen molar-refractivity contribution in [2.75, 3.05) is 25.0 Å². The fraction of sp³-hybridized carbons (Fsp3) is 0.450. The van der Waals surface area contributed by atoms with Crippen LogP contribution in [0.4, 0.5) is 5.69 Å². The number of hydrogen-bond acceptors (Lipinski definition) is 4. The lowest BCUT2D eigenvalue weighted by atomic mass is 10.0. The SMILES string of the molecule is CC(C)c1cccc(N2CCC(N(C)C(=O)Cc3cnccn3)C2)c1. The highest BCUT2D eigenvalue weighted by Gasteiger charge is 2.28. The van der Waals surface area contributed by atoms with Gasteiger partial charge in [0, 0.05) is 44.4 Å². The van der Waals surface area contributed by atoms with Crippen LogP contribution in [0.25, 0.3) is 0 Å². The third-order valence-corrected chi connectivity index (χ3v) is 4.96. The van der Waals surface area contributed by atoms with Crippen LogP contribution in [0, 0.1) is 0 Å². The summed E-state index contributed by atoms with van der Waals surface area (Å²) in [6.45, 7) is 6.29. The largest absolute Gasteiger partial charge is 0.369 e. The van der Waals surface area contributed by atoms with E-state index in [2.05, 4.69) is 53.0 Å². The van der Waals surface area contributed by atoms with Crippen molar-refractivity contribution in [1.82, 2.24) is 14.9 Å². The summed E-state index contributed by atoms with van der Waals surface area (Å²) in [4.78, 5) is 25.0. The Balaban J connectivity index is 1.62. The second-order valence-corrected chi connectivity index (χ2v) is 7.02. The van der Waals surface area contributed by atoms with E-state index in [0.29, 0.717) is 12.3 Å². The lowest BCUT2D eigenvalue weighted by Crippen LogP contribution is -2.40. The maximum atomic E-state index is 12.5. The Morgan fingerprint density at radius 3 is 2.92 bits per heavy atom. The smallest absolute Gasteiger partial charge is 0.228 e. The molecule has 2 aromatic rings. The van der Waals surface area contributed by atoms with E-state index < -0.39 is 0 Å². The Kier molecular flexibility index (Phi) is 5.31. The lowest BCUT2D eigenvalue weighted by molar-refractivity contribution is -0.130. The normalized spacial score (nSPS) is 17.1. The van der Waals surface area contributed by atoms with Crippen molar-refractivity contribution in [2.45, 2.75) is 38.6 Å². The van der Waals surface area contributed by atoms with Crippen LogP contribution < -0.4 is 4.90 Å². The predicted molar refractivity (Wildman–Crippen MR) is 99.7 cm³/mol. The van der Waals surface area contributed by atoms with E-state index in [1.165, 1.54) is 11.3 Å². The fourth-order valence-corrected chi connectivity index (χ4v) is 3.28. The standard InChI is InChI=1S/C20H26N4O/c1-15(2)16-5-4-6-18(11-16)24-10-7-19(14-24)23(3)20(25)12-17-13-21-8-9-22-17/h4-6,8-9,11,13,15,19H,7,10,12,14H2,1-3H3. The first-order valence-corrected chi connectivity index (χ1v) is 8.90. The first-order chi connectivity index (χ1) is 12.0. The predicted octanol–water partition coefficient (Wildman–Crippen LogP) is 2.88. The zero-order chi connectivity index (χ0) is 17.8. The van der Waals surface area contributed by atoms with Gasteiger partial charge in [0.2, 0.25) is 5.91 Å². The molecule has 3 rings (SSSR count). The van der Waals surface area contributed by atoms with Gasteiger partial charge in [-0.15, -0.1) is 0 Å². The number of nitrogens with zero attached hydrogens (tertiary/aromatic N) is 4. The maximum absolute atomic E-state index is 12.5. The minimum absolute atomic E-state index is 0.100. The summed E-state index contributed by atoms with van der Waals surface area (Å²) in [7, 11) is 1.90. The van der Waals surface area contributed by atoms with E-state index in [1.54, 1.807) is 18.6 Å². The molecule has 1 aromatic heterocycles. The van der Waals surface area contributed by atoms with Crippen molar-refractivity contribution in [3.63, 3.8) is 0 Å². The Hall–Kier alpha value is -2.43. The highest BCUT2D eigenvalue weighted by Crippen LogP contribution is 2.26. The van der Waals surface area contributed by atoms with Gasteiger partial charge in [-0.1, -0.05) is 26.0 Å². The summed E-state index contributed by atoms with van der Waals surface area (Å²) in [6.07, 6.45) is 6.21. The number of aromatic nitrogens is 2. The Labute approximate surface area is 149 Å². The molecule has 132 valence electrons. The summed E-state index contributed by atoms with van der Waals surface area (Å²) in [5.41, 5.74) is 3.33. The number of anilines is 1. The number of rotatable bonds is 5. The molecule has 1 fully saturated rings. The number of hydrogen-bond donors (Lipinski definition) is 0. The lowest BCUT2D eigenvalue weighted by Gasteiger charge is -2.26. The van der Waals surface area contributed by atoms with Gasteiger partial charge in [0.05, 0.1) is 18.2 Å². The summed E-state index contributed by atoms with van der Waals surface area (Å²) in [6, 6.07) is 8.98. The Bertz CT molecular complexity index is 717. The van der Waals surface area contributed by atoms with Crippen LogP contribution >= 0.6 is 0 Å². The number of benzene rings is 1. The van der Waals surface area contributed by atoms with Gasteiger partial charge in [-0.05, 0) is 30.0 Å². The van der Waals surface area contributed by atoms with E-state index in [4.69, 9.17) is 0 Å². The molecule has 25 heavy (non-hydrogen) atoms. The zero-order valence-electron chi connectivity index (χ0n) is 15.2. The summed E-state index contributed by atoms with van der Waals surface area (Å²) in [5.74, 6) is 0.623. The van der Waals surface area contributed by atoms with Crippen molar-refractivity contribution >= 4 is 11.6 Å². The van der Waals surface area contributed by atoms with Crippen LogP contribution in [-0.4, -0.2) is 47.0 Å². The molecule has 1 aromatic carbocycles. The van der Waals surface area contributed by atoms with Crippen LogP contribution in [0.2, 0.25) is 0 Å². The van der Waals surface area contributed by atoms with Crippen LogP contribution in [0.5, 0.6) is 0 Å². The number of amides is 1. The molecule has 1 saturated heterocycles. The second-order valence-electron chi connectivity index (χ2n) is 7.02. The van der Waals surface area contributed by atoms with Gasteiger partial charge in [-0.25, -0.2) is 0 Å². The highest BCUT2D eigenvalue weighted by molar-refractivity contribution is 5.78. The average Bonchev–Trinajstić information content (AvgIpc) is 3.12. The molecule has 0 spiro atoms. The summed E-state index contributed by atoms with van der Waals surface area (Å²) in [5, 5.41) is 0. The third-order valence-electron chi connectivity index (χ3n) is 4.96. The van der Waals surface area contributed by atoms with E-state index in [9.17, 15) is 4.79 Å². The molecule has 0 bridgehead atoms. The summed E-state index contributed by atoms with van der Waals surface area (Å²) >= 11 is 0. The van der Waals surface area contributed by atoms with E-state index >= 15 is 0 Å². The molecule has 0 radical (unpaired) electrons. The molecule has 1 aliphatic heterocycles. The number of carbonyl (C=O) groups excluding carboxylic acids is 1. The molecule has 1 atom stereocenters. The van der Waals surface area contributed by atoms with Crippen LogP contribution in [0.15, 0.2) is 42.9 Å². The van der Waals surface area contributed by atoms with Crippen LogP contribution in [0.3, 0.4) is 0 Å². The topological polar surface area (TPSA) is 49.3 Å². The first-order valence-electron chi connectivity index (χ1n) is 8.90. The van der Waals surface area contributed by atoms with Crippen molar-refractivity contribution in [3.05, 3.63) is 54.1 Å². The van der Waals surface area contributed by atoms with Gasteiger partial charge in [0.15, 0.2) is 0 Å². The first kappa shape index (κ1) is 17.4. The molecule has 2 heterocycles. The minimum atomic E-state index is 0.100. The fourth-order valence-electron chi connectivity index (χ4n) is 3.28. The van der Waals surface area contributed by atoms with Crippen LogP contribution in [0.1, 0.15) is 37.4 Å². The molecular weight excluding hydrogens is 312 g/mol. The number of likely N-dealkylation sites (N-methyl/N-ethyl adjacent to an activating group) is 1. The maximum Gasteiger partial charge on any atom is 0.228 e. The van der Waals surface area contributed by atoms with Gasteiger partial charge < -0.3 is 9.80 Å². The van der Waals surface area contributed by atoms with Gasteiger partial charge in [-0.2, -0.15) is 0 Å². The summed E-state index contributed by atoms with van der Waals surface area (Å²) < 4.78 is 0. The molecule has 0 aliphatic carbocycles. The zero-order valence-corrected chi connectivity index (χ0v) is 15.2. The molecular formula is C20H26N4O. The quantitative estimate of drug-likeness (QED) is 0.841. The number of carbonyl (C=O) groups is 1. The minimum Gasteiger partial charge on any atom is -0.369 e. The molecule has 5 nitrogen and oxygen atoms in total. The average molecular weight is 338 g/mol. The Morgan fingerprint density at radius 2 is 2.20 bits per heavy atom. The molecule has 1 unspecified atom stereocenters. The Morgan fingerprint density at radius 1 is 1.36 bits per heavy atom. The van der Waals surface area contributed by atoms with Crippen molar-refractivity contribution < 1.29 is 4.79 Å². The van der Waals surface area contributed by atoms with Crippen molar-refractivity contribution in [1.29, 1.82) is 0 Å². The van der Waals surface area contributed by atoms with Crippen molar-refractivity contribution in [2.24, 2.45) is 0 Å². The van der Waals surface area contributed by atoms with Crippen molar-refractivity contribution in [3.8, 4) is 0 Å². The molecule has 0 saturated carbocycles. The van der Waals surface area contributed by atoms with E-state index in [-0.39, 0.29) is 11.9 Å². The van der Waals surface area contributed by atoms with Gasteiger partial charge in [0.25, 0.3) is 0 Å². The highest BCUT2D eigenvalue weighted by atomic mass is 16.2. The second kappa shape index (κ2) is 7.64. The molecule has 5 heteroatoms. The molecule has 1 aliphatic rings.